The summed E-state index contributed by atoms with van der Waals surface area (Å²) in [5, 5.41) is 3.29. The molecule has 0 saturated heterocycles. The lowest BCUT2D eigenvalue weighted by Gasteiger charge is -2.41. The van der Waals surface area contributed by atoms with Crippen LogP contribution < -0.4 is 0 Å². The van der Waals surface area contributed by atoms with E-state index in [1.54, 1.807) is 0 Å². The normalized spacial score (nSPS) is 19.0. The van der Waals surface area contributed by atoms with E-state index in [9.17, 15) is 45.0 Å². The molecule has 0 fully saturated rings. The minimum atomic E-state index is -6.48. The number of halogens is 8. The summed E-state index contributed by atoms with van der Waals surface area (Å²) in [5.74, 6) is -13.9. The quantitative estimate of drug-likeness (QED) is 0.331. The Bertz CT molecular complexity index is 444. The molecule has 1 N–H and O–H groups in total. The molecule has 0 spiro atoms. The molecule has 22 heavy (non-hydrogen) atoms. The lowest BCUT2D eigenvalue weighted by atomic mass is 9.90. The molecule has 130 valence electrons. The van der Waals surface area contributed by atoms with Crippen molar-refractivity contribution in [2.45, 2.75) is 35.5 Å². The van der Waals surface area contributed by atoms with Crippen LogP contribution in [0.1, 0.15) is 6.92 Å². The fraction of sp³-hybridized carbons (Fsp3) is 0.700. The molecule has 0 bridgehead atoms. The van der Waals surface area contributed by atoms with Gasteiger partial charge in [0.2, 0.25) is 0 Å². The van der Waals surface area contributed by atoms with Crippen LogP contribution in [-0.4, -0.2) is 46.3 Å². The van der Waals surface area contributed by atoms with E-state index in [0.29, 0.717) is 6.08 Å². The summed E-state index contributed by atoms with van der Waals surface area (Å²) in [6.07, 6.45) is -6.06. The summed E-state index contributed by atoms with van der Waals surface area (Å²) < 4.78 is 107. The van der Waals surface area contributed by atoms with Crippen molar-refractivity contribution < 1.29 is 49.8 Å². The number of carbonyl (C=O) groups excluding carboxylic acids is 1. The highest BCUT2D eigenvalue weighted by Crippen LogP contribution is 2.56. The van der Waals surface area contributed by atoms with E-state index in [-0.39, 0.29) is 6.92 Å². The van der Waals surface area contributed by atoms with Gasteiger partial charge in [0.1, 0.15) is 6.61 Å². The van der Waals surface area contributed by atoms with Crippen molar-refractivity contribution in [1.82, 2.24) is 0 Å². The second-order valence-electron chi connectivity index (χ2n) is 4.35. The Morgan fingerprint density at radius 2 is 1.55 bits per heavy atom. The molecule has 0 aliphatic carbocycles. The van der Waals surface area contributed by atoms with Gasteiger partial charge in [0.05, 0.1) is 0 Å². The number of hydrogen-bond acceptors (Lipinski definition) is 4. The SMILES string of the molecule is C=CC(=O)OCC(C)(O)C(F)(F)C(F)(F)C(F)(S)C(F)(F)F. The van der Waals surface area contributed by atoms with Crippen LogP contribution in [0.4, 0.5) is 35.1 Å². The average Bonchev–Trinajstić information content (AvgIpc) is 2.33. The van der Waals surface area contributed by atoms with Crippen LogP contribution in [0.15, 0.2) is 12.7 Å². The van der Waals surface area contributed by atoms with Gasteiger partial charge in [0.25, 0.3) is 0 Å². The van der Waals surface area contributed by atoms with Crippen LogP contribution >= 0.6 is 12.6 Å². The zero-order valence-electron chi connectivity index (χ0n) is 10.7. The second-order valence-corrected chi connectivity index (χ2v) is 4.97. The zero-order chi connectivity index (χ0) is 18.2. The minimum absolute atomic E-state index is 0.0580. The molecule has 0 amide bonds. The summed E-state index contributed by atoms with van der Waals surface area (Å²) in [6, 6.07) is 0. The summed E-state index contributed by atoms with van der Waals surface area (Å²) >= 11 is 1.94. The number of hydrogen-bond donors (Lipinski definition) is 2. The predicted molar refractivity (Wildman–Crippen MR) is 60.6 cm³/mol. The largest absolute Gasteiger partial charge is 0.459 e. The Morgan fingerprint density at radius 1 is 1.14 bits per heavy atom. The van der Waals surface area contributed by atoms with E-state index in [0.717, 1.165) is 0 Å². The maximum atomic E-state index is 13.6. The van der Waals surface area contributed by atoms with Crippen molar-refractivity contribution in [2.24, 2.45) is 0 Å². The van der Waals surface area contributed by atoms with Crippen LogP contribution in [0.25, 0.3) is 0 Å². The van der Waals surface area contributed by atoms with E-state index in [1.165, 1.54) is 0 Å². The lowest BCUT2D eigenvalue weighted by molar-refractivity contribution is -0.356. The van der Waals surface area contributed by atoms with Crippen LogP contribution in [0, 0.1) is 0 Å². The summed E-state index contributed by atoms with van der Waals surface area (Å²) in [7, 11) is 0. The Labute approximate surface area is 124 Å². The Kier molecular flexibility index (Phi) is 5.59. The number of esters is 1. The van der Waals surface area contributed by atoms with Crippen molar-refractivity contribution in [3.05, 3.63) is 12.7 Å². The fourth-order valence-corrected chi connectivity index (χ4v) is 1.23. The molecule has 2 unspecified atom stereocenters. The van der Waals surface area contributed by atoms with Gasteiger partial charge in [-0.25, -0.2) is 9.18 Å². The first-order chi connectivity index (χ1) is 9.45. The first kappa shape index (κ1) is 21.0. The molecule has 12 heteroatoms. The van der Waals surface area contributed by atoms with Crippen molar-refractivity contribution >= 4 is 18.6 Å². The molecule has 0 aromatic rings. The number of aliphatic hydroxyl groups is 1. The third-order valence-electron chi connectivity index (χ3n) is 2.52. The minimum Gasteiger partial charge on any atom is -0.459 e. The molecule has 0 aliphatic rings. The first-order valence-electron chi connectivity index (χ1n) is 5.21. The van der Waals surface area contributed by atoms with Crippen LogP contribution in [0.5, 0.6) is 0 Å². The maximum Gasteiger partial charge on any atom is 0.438 e. The van der Waals surface area contributed by atoms with Gasteiger partial charge in [-0.05, 0) is 6.92 Å². The van der Waals surface area contributed by atoms with Gasteiger partial charge in [-0.2, -0.15) is 30.7 Å². The molecule has 0 aromatic heterocycles. The molecule has 3 nitrogen and oxygen atoms in total. The third-order valence-corrected chi connectivity index (χ3v) is 3.06. The van der Waals surface area contributed by atoms with Crippen molar-refractivity contribution in [2.75, 3.05) is 6.61 Å². The molecule has 0 heterocycles. The average molecular weight is 362 g/mol. The second kappa shape index (κ2) is 5.87. The molecule has 0 saturated carbocycles. The number of carbonyl (C=O) groups is 1. The predicted octanol–water partition coefficient (Wildman–Crippen LogP) is 2.90. The molecule has 0 aliphatic heterocycles. The van der Waals surface area contributed by atoms with E-state index in [1.807, 2.05) is 12.6 Å². The van der Waals surface area contributed by atoms with Crippen LogP contribution in [-0.2, 0) is 9.53 Å². The lowest BCUT2D eigenvalue weighted by Crippen LogP contribution is -2.68. The third kappa shape index (κ3) is 3.31. The summed E-state index contributed by atoms with van der Waals surface area (Å²) in [5.41, 5.74) is -4.03. The van der Waals surface area contributed by atoms with Crippen molar-refractivity contribution in [1.29, 1.82) is 0 Å². The monoisotopic (exact) mass is 362 g/mol. The number of alkyl halides is 8. The molecule has 0 radical (unpaired) electrons. The molecule has 0 aromatic carbocycles. The van der Waals surface area contributed by atoms with Crippen molar-refractivity contribution in [3.8, 4) is 0 Å². The van der Waals surface area contributed by atoms with Crippen molar-refractivity contribution in [3.63, 3.8) is 0 Å². The Hall–Kier alpha value is -1.04. The highest BCUT2D eigenvalue weighted by Gasteiger charge is 2.82. The van der Waals surface area contributed by atoms with Gasteiger partial charge in [-0.3, -0.25) is 0 Å². The van der Waals surface area contributed by atoms with Gasteiger partial charge in [0.15, 0.2) is 5.60 Å². The maximum absolute atomic E-state index is 13.6. The van der Waals surface area contributed by atoms with E-state index in [4.69, 9.17) is 0 Å². The van der Waals surface area contributed by atoms with E-state index >= 15 is 0 Å². The van der Waals surface area contributed by atoms with Gasteiger partial charge in [-0.1, -0.05) is 6.58 Å². The summed E-state index contributed by atoms with van der Waals surface area (Å²) in [4.78, 5) is 10.6. The standard InChI is InChI=1S/C10H10F8O3S/c1-3-5(19)21-4-6(2,20)7(11,12)8(13,14)9(15,22)10(16,17)18/h3,20,22H,1,4H2,2H3. The molecule has 2 atom stereocenters. The molecule has 0 rings (SSSR count). The first-order valence-corrected chi connectivity index (χ1v) is 5.65. The van der Waals surface area contributed by atoms with E-state index < -0.39 is 41.2 Å². The number of rotatable bonds is 6. The fourth-order valence-electron chi connectivity index (χ4n) is 1.09. The number of ether oxygens (including phenoxy) is 1. The zero-order valence-corrected chi connectivity index (χ0v) is 11.6. The van der Waals surface area contributed by atoms with Gasteiger partial charge in [-0.15, -0.1) is 12.6 Å². The smallest absolute Gasteiger partial charge is 0.438 e. The number of thiol groups is 1. The van der Waals surface area contributed by atoms with Gasteiger partial charge < -0.3 is 9.84 Å². The highest BCUT2D eigenvalue weighted by molar-refractivity contribution is 7.81. The Balaban J connectivity index is 5.68. The van der Waals surface area contributed by atoms with Gasteiger partial charge in [0, 0.05) is 6.08 Å². The van der Waals surface area contributed by atoms with Gasteiger partial charge >= 0.3 is 29.0 Å². The highest BCUT2D eigenvalue weighted by atomic mass is 32.1. The molecular weight excluding hydrogens is 352 g/mol. The molecular formula is C10H10F8O3S. The van der Waals surface area contributed by atoms with Crippen LogP contribution in [0.3, 0.4) is 0 Å². The summed E-state index contributed by atoms with van der Waals surface area (Å²) in [6.45, 7) is 0.928. The topological polar surface area (TPSA) is 46.5 Å². The van der Waals surface area contributed by atoms with E-state index in [2.05, 4.69) is 11.3 Å². The Morgan fingerprint density at radius 3 is 1.86 bits per heavy atom. The van der Waals surface area contributed by atoms with Crippen LogP contribution in [0.2, 0.25) is 0 Å².